The van der Waals surface area contributed by atoms with Crippen molar-refractivity contribution in [3.63, 3.8) is 0 Å². The van der Waals surface area contributed by atoms with Crippen LogP contribution in [0.2, 0.25) is 0 Å². The second-order valence-electron chi connectivity index (χ2n) is 6.39. The first-order valence-electron chi connectivity index (χ1n) is 9.06. The Labute approximate surface area is 161 Å². The maximum absolute atomic E-state index is 12.5. The van der Waals surface area contributed by atoms with Gasteiger partial charge in [0.15, 0.2) is 0 Å². The van der Waals surface area contributed by atoms with Crippen molar-refractivity contribution >= 4 is 27.7 Å². The second kappa shape index (κ2) is 7.56. The lowest BCUT2D eigenvalue weighted by molar-refractivity contribution is 0.0731. The van der Waals surface area contributed by atoms with Gasteiger partial charge in [0, 0.05) is 11.5 Å². The minimum Gasteiger partial charge on any atom is -0.493 e. The summed E-state index contributed by atoms with van der Waals surface area (Å²) in [7, 11) is 0. The predicted molar refractivity (Wildman–Crippen MR) is 107 cm³/mol. The van der Waals surface area contributed by atoms with E-state index in [9.17, 15) is 9.59 Å². The van der Waals surface area contributed by atoms with Gasteiger partial charge in [-0.3, -0.25) is 0 Å². The van der Waals surface area contributed by atoms with E-state index < -0.39 is 11.6 Å². The van der Waals surface area contributed by atoms with Crippen LogP contribution in [0.25, 0.3) is 21.7 Å². The standard InChI is InChI=1S/C23H18O5/c1-2-11-26-18-9-8-17-13-20(23(25)28-21(17)14-18)22(24)27-19-10-7-15-5-3-4-6-16(15)12-19/h3-10,12-14H,2,11H2,1H3. The van der Waals surface area contributed by atoms with Crippen molar-refractivity contribution in [1.29, 1.82) is 0 Å². The fourth-order valence-electron chi connectivity index (χ4n) is 2.94. The SMILES string of the molecule is CCCOc1ccc2cc(C(=O)Oc3ccc4ccccc4c3)c(=O)oc2c1. The minimum atomic E-state index is -0.753. The molecule has 140 valence electrons. The molecule has 3 aromatic carbocycles. The zero-order valence-corrected chi connectivity index (χ0v) is 15.3. The quantitative estimate of drug-likeness (QED) is 0.281. The molecular weight excluding hydrogens is 356 g/mol. The Kier molecular flexibility index (Phi) is 4.81. The molecule has 0 bridgehead atoms. The Morgan fingerprint density at radius 3 is 2.46 bits per heavy atom. The number of hydrogen-bond donors (Lipinski definition) is 0. The normalized spacial score (nSPS) is 10.9. The monoisotopic (exact) mass is 374 g/mol. The van der Waals surface area contributed by atoms with Crippen LogP contribution in [0.4, 0.5) is 0 Å². The molecule has 4 rings (SSSR count). The zero-order chi connectivity index (χ0) is 19.5. The molecule has 0 aliphatic rings. The molecular formula is C23H18O5. The molecule has 0 aliphatic heterocycles. The topological polar surface area (TPSA) is 65.7 Å². The van der Waals surface area contributed by atoms with E-state index in [-0.39, 0.29) is 5.56 Å². The first-order chi connectivity index (χ1) is 13.6. The van der Waals surface area contributed by atoms with Crippen LogP contribution in [-0.4, -0.2) is 12.6 Å². The molecule has 5 heteroatoms. The minimum absolute atomic E-state index is 0.150. The van der Waals surface area contributed by atoms with Gasteiger partial charge in [0.05, 0.1) is 6.61 Å². The first-order valence-corrected chi connectivity index (χ1v) is 9.06. The van der Waals surface area contributed by atoms with Crippen molar-refractivity contribution in [3.8, 4) is 11.5 Å². The number of carbonyl (C=O) groups excluding carboxylic acids is 1. The van der Waals surface area contributed by atoms with E-state index in [1.165, 1.54) is 6.07 Å². The van der Waals surface area contributed by atoms with Gasteiger partial charge in [-0.15, -0.1) is 0 Å². The summed E-state index contributed by atoms with van der Waals surface area (Å²) >= 11 is 0. The van der Waals surface area contributed by atoms with Gasteiger partial charge in [0.25, 0.3) is 0 Å². The van der Waals surface area contributed by atoms with Gasteiger partial charge in [0.2, 0.25) is 0 Å². The lowest BCUT2D eigenvalue weighted by Gasteiger charge is -2.07. The van der Waals surface area contributed by atoms with E-state index in [4.69, 9.17) is 13.9 Å². The highest BCUT2D eigenvalue weighted by atomic mass is 16.5. The van der Waals surface area contributed by atoms with E-state index in [0.29, 0.717) is 29.1 Å². The Bertz CT molecular complexity index is 1220. The third-order valence-corrected chi connectivity index (χ3v) is 4.33. The van der Waals surface area contributed by atoms with Crippen LogP contribution in [0, 0.1) is 0 Å². The highest BCUT2D eigenvalue weighted by Crippen LogP contribution is 2.23. The van der Waals surface area contributed by atoms with Crippen molar-refractivity contribution in [1.82, 2.24) is 0 Å². The fourth-order valence-corrected chi connectivity index (χ4v) is 2.94. The third-order valence-electron chi connectivity index (χ3n) is 4.33. The van der Waals surface area contributed by atoms with Gasteiger partial charge >= 0.3 is 11.6 Å². The molecule has 0 radical (unpaired) electrons. The molecule has 4 aromatic rings. The molecule has 0 amide bonds. The molecule has 0 fully saturated rings. The summed E-state index contributed by atoms with van der Waals surface area (Å²) in [5, 5.41) is 2.60. The average Bonchev–Trinajstić information content (AvgIpc) is 2.71. The van der Waals surface area contributed by atoms with E-state index in [2.05, 4.69) is 0 Å². The molecule has 0 unspecified atom stereocenters. The third kappa shape index (κ3) is 3.60. The zero-order valence-electron chi connectivity index (χ0n) is 15.3. The number of esters is 1. The van der Waals surface area contributed by atoms with Crippen LogP contribution < -0.4 is 15.1 Å². The highest BCUT2D eigenvalue weighted by Gasteiger charge is 2.16. The van der Waals surface area contributed by atoms with Crippen molar-refractivity contribution < 1.29 is 18.7 Å². The lowest BCUT2D eigenvalue weighted by atomic mass is 10.1. The maximum atomic E-state index is 12.5. The molecule has 0 saturated carbocycles. The van der Waals surface area contributed by atoms with E-state index >= 15 is 0 Å². The first kappa shape index (κ1) is 17.8. The number of benzene rings is 3. The van der Waals surface area contributed by atoms with Crippen molar-refractivity contribution in [2.45, 2.75) is 13.3 Å². The number of hydrogen-bond acceptors (Lipinski definition) is 5. The van der Waals surface area contributed by atoms with E-state index in [1.54, 1.807) is 30.3 Å². The van der Waals surface area contributed by atoms with Crippen LogP contribution >= 0.6 is 0 Å². The Morgan fingerprint density at radius 1 is 0.893 bits per heavy atom. The predicted octanol–water partition coefficient (Wildman–Crippen LogP) is 4.95. The van der Waals surface area contributed by atoms with Gasteiger partial charge in [-0.2, -0.15) is 0 Å². The molecule has 1 aromatic heterocycles. The van der Waals surface area contributed by atoms with Crippen LogP contribution in [0.15, 0.2) is 75.9 Å². The van der Waals surface area contributed by atoms with Gasteiger partial charge < -0.3 is 13.9 Å². The number of ether oxygens (including phenoxy) is 2. The highest BCUT2D eigenvalue weighted by molar-refractivity contribution is 5.95. The number of fused-ring (bicyclic) bond motifs is 2. The lowest BCUT2D eigenvalue weighted by Crippen LogP contribution is -2.18. The van der Waals surface area contributed by atoms with Crippen LogP contribution in [0.3, 0.4) is 0 Å². The second-order valence-corrected chi connectivity index (χ2v) is 6.39. The van der Waals surface area contributed by atoms with Gasteiger partial charge in [0.1, 0.15) is 22.6 Å². The molecule has 0 N–H and O–H groups in total. The van der Waals surface area contributed by atoms with Gasteiger partial charge in [-0.25, -0.2) is 9.59 Å². The van der Waals surface area contributed by atoms with Crippen molar-refractivity contribution in [3.05, 3.63) is 82.7 Å². The molecule has 0 saturated heterocycles. The molecule has 28 heavy (non-hydrogen) atoms. The van der Waals surface area contributed by atoms with Crippen molar-refractivity contribution in [2.24, 2.45) is 0 Å². The molecule has 5 nitrogen and oxygen atoms in total. The van der Waals surface area contributed by atoms with Crippen LogP contribution in [0.1, 0.15) is 23.7 Å². The number of carbonyl (C=O) groups is 1. The summed E-state index contributed by atoms with van der Waals surface area (Å²) < 4.78 is 16.2. The molecule has 0 spiro atoms. The Morgan fingerprint density at radius 2 is 1.64 bits per heavy atom. The average molecular weight is 374 g/mol. The summed E-state index contributed by atoms with van der Waals surface area (Å²) in [6.45, 7) is 2.58. The summed E-state index contributed by atoms with van der Waals surface area (Å²) in [5.74, 6) is 0.229. The maximum Gasteiger partial charge on any atom is 0.351 e. The number of rotatable bonds is 5. The van der Waals surface area contributed by atoms with Crippen molar-refractivity contribution in [2.75, 3.05) is 6.61 Å². The Balaban J connectivity index is 1.62. The van der Waals surface area contributed by atoms with Crippen LogP contribution in [0.5, 0.6) is 11.5 Å². The largest absolute Gasteiger partial charge is 0.493 e. The summed E-state index contributed by atoms with van der Waals surface area (Å²) in [4.78, 5) is 24.8. The molecule has 1 heterocycles. The smallest absolute Gasteiger partial charge is 0.351 e. The van der Waals surface area contributed by atoms with E-state index in [1.807, 2.05) is 37.3 Å². The Hall–Kier alpha value is -3.60. The van der Waals surface area contributed by atoms with Crippen LogP contribution in [-0.2, 0) is 0 Å². The van der Waals surface area contributed by atoms with E-state index in [0.717, 1.165) is 17.2 Å². The molecule has 0 atom stereocenters. The summed E-state index contributed by atoms with van der Waals surface area (Å²) in [5.41, 5.74) is -0.533. The van der Waals surface area contributed by atoms with Gasteiger partial charge in [-0.05, 0) is 47.5 Å². The summed E-state index contributed by atoms with van der Waals surface area (Å²) in [6.07, 6.45) is 0.877. The van der Waals surface area contributed by atoms with Gasteiger partial charge in [-0.1, -0.05) is 37.3 Å². The fraction of sp³-hybridized carbons (Fsp3) is 0.130. The summed E-state index contributed by atoms with van der Waals surface area (Å²) in [6, 6.07) is 19.7. The molecule has 0 aliphatic carbocycles.